The Morgan fingerprint density at radius 2 is 1.73 bits per heavy atom. The number of hydrogen-bond donors (Lipinski definition) is 2. The second kappa shape index (κ2) is 10.1. The third kappa shape index (κ3) is 5.56. The number of fused-ring (bicyclic) bond motifs is 1. The molecule has 0 aromatic heterocycles. The van der Waals surface area contributed by atoms with Crippen molar-refractivity contribution in [2.75, 3.05) is 11.9 Å². The van der Waals surface area contributed by atoms with Crippen molar-refractivity contribution < 1.29 is 24.1 Å². The van der Waals surface area contributed by atoms with E-state index in [-0.39, 0.29) is 61.0 Å². The zero-order chi connectivity index (χ0) is 24.0. The van der Waals surface area contributed by atoms with Crippen molar-refractivity contribution in [1.29, 1.82) is 5.26 Å². The lowest BCUT2D eigenvalue weighted by atomic mass is 10.1. The van der Waals surface area contributed by atoms with Crippen LogP contribution in [0.1, 0.15) is 45.5 Å². The second-order valence-electron chi connectivity index (χ2n) is 7.21. The van der Waals surface area contributed by atoms with Crippen LogP contribution in [-0.2, 0) is 16.1 Å². The van der Waals surface area contributed by atoms with Gasteiger partial charge in [0.2, 0.25) is 11.8 Å². The standard InChI is InChI=1S/C22H19N5O6/c23-10-9-19(28)24-13-14-3-5-15(6-4-14)25-20(29)2-1-11-26-21(30)17-8-7-16(27(32)33)12-18(17)22(26)31/h3-8,12H,1-2,9,11,13H2,(H,24,28)(H,25,29). The van der Waals surface area contributed by atoms with Gasteiger partial charge in [-0.25, -0.2) is 0 Å². The van der Waals surface area contributed by atoms with Crippen molar-refractivity contribution in [3.8, 4) is 6.07 Å². The van der Waals surface area contributed by atoms with Gasteiger partial charge in [-0.1, -0.05) is 12.1 Å². The number of imide groups is 1. The van der Waals surface area contributed by atoms with Crippen LogP contribution in [0, 0.1) is 21.4 Å². The molecule has 4 amide bonds. The van der Waals surface area contributed by atoms with Crippen molar-refractivity contribution in [1.82, 2.24) is 10.2 Å². The van der Waals surface area contributed by atoms with Gasteiger partial charge in [-0.3, -0.25) is 34.2 Å². The molecule has 0 saturated heterocycles. The van der Waals surface area contributed by atoms with Crippen LogP contribution in [0.5, 0.6) is 0 Å². The third-order valence-corrected chi connectivity index (χ3v) is 4.92. The number of hydrogen-bond acceptors (Lipinski definition) is 7. The minimum Gasteiger partial charge on any atom is -0.351 e. The van der Waals surface area contributed by atoms with Crippen LogP contribution in [0.4, 0.5) is 11.4 Å². The molecular weight excluding hydrogens is 430 g/mol. The molecule has 11 heteroatoms. The van der Waals surface area contributed by atoms with E-state index in [0.29, 0.717) is 5.69 Å². The molecule has 1 aliphatic heterocycles. The average Bonchev–Trinajstić information content (AvgIpc) is 3.03. The summed E-state index contributed by atoms with van der Waals surface area (Å²) in [5.41, 5.74) is 1.17. The number of nitrogens with zero attached hydrogens (tertiary/aromatic N) is 3. The first-order valence-corrected chi connectivity index (χ1v) is 9.97. The number of non-ortho nitro benzene ring substituents is 1. The number of carbonyl (C=O) groups excluding carboxylic acids is 4. The first-order valence-electron chi connectivity index (χ1n) is 9.97. The molecule has 0 atom stereocenters. The average molecular weight is 449 g/mol. The molecular formula is C22H19N5O6. The van der Waals surface area contributed by atoms with Crippen LogP contribution in [0.2, 0.25) is 0 Å². The SMILES string of the molecule is N#CCC(=O)NCc1ccc(NC(=O)CCCN2C(=O)c3ccc([N+](=O)[O-])cc3C2=O)cc1. The predicted molar refractivity (Wildman–Crippen MR) is 115 cm³/mol. The maximum Gasteiger partial charge on any atom is 0.270 e. The lowest BCUT2D eigenvalue weighted by molar-refractivity contribution is -0.384. The van der Waals surface area contributed by atoms with E-state index < -0.39 is 16.7 Å². The van der Waals surface area contributed by atoms with Crippen LogP contribution < -0.4 is 10.6 Å². The number of rotatable bonds is 9. The Labute approximate surface area is 188 Å². The third-order valence-electron chi connectivity index (χ3n) is 4.92. The molecule has 2 aromatic rings. The largest absolute Gasteiger partial charge is 0.351 e. The van der Waals surface area contributed by atoms with E-state index in [1.807, 2.05) is 0 Å². The van der Waals surface area contributed by atoms with E-state index in [2.05, 4.69) is 10.6 Å². The van der Waals surface area contributed by atoms with Crippen LogP contribution in [0.3, 0.4) is 0 Å². The summed E-state index contributed by atoms with van der Waals surface area (Å²) in [4.78, 5) is 59.6. The summed E-state index contributed by atoms with van der Waals surface area (Å²) in [6.45, 7) is 0.271. The van der Waals surface area contributed by atoms with Crippen molar-refractivity contribution in [3.05, 3.63) is 69.3 Å². The molecule has 168 valence electrons. The summed E-state index contributed by atoms with van der Waals surface area (Å²) < 4.78 is 0. The monoisotopic (exact) mass is 449 g/mol. The van der Waals surface area contributed by atoms with E-state index in [1.165, 1.54) is 12.1 Å². The van der Waals surface area contributed by atoms with Gasteiger partial charge in [0, 0.05) is 37.3 Å². The molecule has 2 aromatic carbocycles. The summed E-state index contributed by atoms with van der Waals surface area (Å²) in [7, 11) is 0. The minimum atomic E-state index is -0.637. The molecule has 1 aliphatic rings. The normalized spacial score (nSPS) is 12.2. The van der Waals surface area contributed by atoms with Crippen LogP contribution in [0.25, 0.3) is 0 Å². The van der Waals surface area contributed by atoms with Gasteiger partial charge >= 0.3 is 0 Å². The smallest absolute Gasteiger partial charge is 0.270 e. The highest BCUT2D eigenvalue weighted by atomic mass is 16.6. The van der Waals surface area contributed by atoms with Gasteiger partial charge in [0.05, 0.1) is 22.1 Å². The Kier molecular flexibility index (Phi) is 7.10. The number of benzene rings is 2. The Morgan fingerprint density at radius 3 is 2.39 bits per heavy atom. The summed E-state index contributed by atoms with van der Waals surface area (Å²) in [5, 5.41) is 24.7. The van der Waals surface area contributed by atoms with Gasteiger partial charge in [-0.2, -0.15) is 5.26 Å². The van der Waals surface area contributed by atoms with Crippen molar-refractivity contribution >= 4 is 35.0 Å². The van der Waals surface area contributed by atoms with E-state index in [0.717, 1.165) is 16.5 Å². The number of nitriles is 1. The highest BCUT2D eigenvalue weighted by molar-refractivity contribution is 6.21. The van der Waals surface area contributed by atoms with Crippen molar-refractivity contribution in [2.45, 2.75) is 25.8 Å². The van der Waals surface area contributed by atoms with Gasteiger partial charge in [-0.05, 0) is 30.2 Å². The van der Waals surface area contributed by atoms with Gasteiger partial charge in [0.15, 0.2) is 0 Å². The fourth-order valence-corrected chi connectivity index (χ4v) is 3.26. The minimum absolute atomic E-state index is 0.00883. The van der Waals surface area contributed by atoms with E-state index in [4.69, 9.17) is 5.26 Å². The Morgan fingerprint density at radius 1 is 1.03 bits per heavy atom. The Balaban J connectivity index is 1.47. The van der Waals surface area contributed by atoms with E-state index >= 15 is 0 Å². The summed E-state index contributed by atoms with van der Waals surface area (Å²) in [6, 6.07) is 12.1. The Hall–Kier alpha value is -4.59. The summed E-state index contributed by atoms with van der Waals surface area (Å²) in [5.74, 6) is -1.83. The second-order valence-corrected chi connectivity index (χ2v) is 7.21. The fourth-order valence-electron chi connectivity index (χ4n) is 3.26. The topological polar surface area (TPSA) is 163 Å². The van der Waals surface area contributed by atoms with Gasteiger partial charge in [-0.15, -0.1) is 0 Å². The highest BCUT2D eigenvalue weighted by Gasteiger charge is 2.36. The molecule has 2 N–H and O–H groups in total. The quantitative estimate of drug-likeness (QED) is 0.336. The first-order chi connectivity index (χ1) is 15.8. The zero-order valence-corrected chi connectivity index (χ0v) is 17.4. The molecule has 0 radical (unpaired) electrons. The van der Waals surface area contributed by atoms with Crippen LogP contribution >= 0.6 is 0 Å². The van der Waals surface area contributed by atoms with Crippen molar-refractivity contribution in [3.63, 3.8) is 0 Å². The lowest BCUT2D eigenvalue weighted by Crippen LogP contribution is -2.31. The number of anilines is 1. The number of nitrogens with one attached hydrogen (secondary N) is 2. The number of carbonyl (C=O) groups is 4. The number of nitro groups is 1. The first kappa shape index (κ1) is 23.1. The highest BCUT2D eigenvalue weighted by Crippen LogP contribution is 2.27. The molecule has 0 aliphatic carbocycles. The summed E-state index contributed by atoms with van der Waals surface area (Å²) >= 11 is 0. The molecule has 0 saturated carbocycles. The van der Waals surface area contributed by atoms with Crippen molar-refractivity contribution in [2.24, 2.45) is 0 Å². The molecule has 11 nitrogen and oxygen atoms in total. The van der Waals surface area contributed by atoms with Crippen LogP contribution in [-0.4, -0.2) is 40.0 Å². The van der Waals surface area contributed by atoms with Gasteiger partial charge < -0.3 is 10.6 Å². The molecule has 1 heterocycles. The van der Waals surface area contributed by atoms with Gasteiger partial charge in [0.1, 0.15) is 6.42 Å². The molecule has 33 heavy (non-hydrogen) atoms. The molecule has 0 fully saturated rings. The maximum atomic E-state index is 12.5. The fraction of sp³-hybridized carbons (Fsp3) is 0.227. The van der Waals surface area contributed by atoms with Gasteiger partial charge in [0.25, 0.3) is 17.5 Å². The van der Waals surface area contributed by atoms with Crippen LogP contribution in [0.15, 0.2) is 42.5 Å². The maximum absolute atomic E-state index is 12.5. The molecule has 3 rings (SSSR count). The van der Waals surface area contributed by atoms with E-state index in [9.17, 15) is 29.3 Å². The summed E-state index contributed by atoms with van der Waals surface area (Å²) in [6.07, 6.45) is 0.0662. The zero-order valence-electron chi connectivity index (χ0n) is 17.4. The molecule has 0 unspecified atom stereocenters. The number of nitro benzene ring substituents is 1. The molecule has 0 bridgehead atoms. The number of amides is 4. The predicted octanol–water partition coefficient (Wildman–Crippen LogP) is 2.14. The molecule has 0 spiro atoms. The Bertz CT molecular complexity index is 1170. The lowest BCUT2D eigenvalue weighted by Gasteiger charge is -2.13. The van der Waals surface area contributed by atoms with E-state index in [1.54, 1.807) is 30.3 Å².